The van der Waals surface area contributed by atoms with Crippen molar-refractivity contribution >= 4 is 34.9 Å². The summed E-state index contributed by atoms with van der Waals surface area (Å²) in [7, 11) is 0. The van der Waals surface area contributed by atoms with Crippen molar-refractivity contribution in [3.63, 3.8) is 0 Å². The fourth-order valence-electron chi connectivity index (χ4n) is 2.21. The number of alkyl halides is 1. The van der Waals surface area contributed by atoms with Gasteiger partial charge in [0.15, 0.2) is 11.6 Å². The fraction of sp³-hybridized carbons (Fsp3) is 0.176. The Hall–Kier alpha value is -1.78. The van der Waals surface area contributed by atoms with Crippen LogP contribution in [0, 0.1) is 0 Å². The van der Waals surface area contributed by atoms with Crippen molar-refractivity contribution in [3.05, 3.63) is 47.5 Å². The number of halogens is 1. The highest BCUT2D eigenvalue weighted by Gasteiger charge is 2.20. The minimum absolute atomic E-state index is 0.0506. The first kappa shape index (κ1) is 15.1. The van der Waals surface area contributed by atoms with E-state index in [4.69, 9.17) is 16.3 Å². The molecule has 0 radical (unpaired) electrons. The van der Waals surface area contributed by atoms with Gasteiger partial charge < -0.3 is 4.74 Å². The molecule has 0 bridgehead atoms. The van der Waals surface area contributed by atoms with Crippen LogP contribution in [0.1, 0.15) is 34.1 Å². The summed E-state index contributed by atoms with van der Waals surface area (Å²) in [4.78, 5) is 25.3. The molecule has 22 heavy (non-hydrogen) atoms. The van der Waals surface area contributed by atoms with Crippen LogP contribution >= 0.6 is 23.4 Å². The van der Waals surface area contributed by atoms with Gasteiger partial charge in [0, 0.05) is 17.5 Å². The lowest BCUT2D eigenvalue weighted by atomic mass is 10.1. The number of carbonyl (C=O) groups excluding carboxylic acids is 2. The van der Waals surface area contributed by atoms with Crippen LogP contribution < -0.4 is 4.74 Å². The van der Waals surface area contributed by atoms with Crippen molar-refractivity contribution < 1.29 is 14.3 Å². The third kappa shape index (κ3) is 2.76. The molecule has 3 nitrogen and oxygen atoms in total. The summed E-state index contributed by atoms with van der Waals surface area (Å²) >= 11 is 7.12. The quantitative estimate of drug-likeness (QED) is 0.500. The molecule has 2 aromatic rings. The number of hydrogen-bond acceptors (Lipinski definition) is 4. The predicted molar refractivity (Wildman–Crippen MR) is 86.8 cm³/mol. The molecule has 0 saturated carbocycles. The standard InChI is InChI=1S/C17H13ClO3S/c1-2-12(19)11-3-5-14-17(8-11)22-16-6-4-10(13(20)9-18)7-15(16)21-14/h3-8H,2,9H2,1H3. The van der Waals surface area contributed by atoms with Crippen molar-refractivity contribution in [2.75, 3.05) is 5.88 Å². The van der Waals surface area contributed by atoms with E-state index in [0.717, 1.165) is 9.79 Å². The van der Waals surface area contributed by atoms with E-state index >= 15 is 0 Å². The second-order valence-electron chi connectivity index (χ2n) is 4.86. The van der Waals surface area contributed by atoms with Gasteiger partial charge in [0.05, 0.1) is 15.7 Å². The van der Waals surface area contributed by atoms with Crippen LogP contribution in [0.4, 0.5) is 0 Å². The van der Waals surface area contributed by atoms with Crippen molar-refractivity contribution in [3.8, 4) is 11.5 Å². The molecule has 0 N–H and O–H groups in total. The maximum absolute atomic E-state index is 11.8. The van der Waals surface area contributed by atoms with Gasteiger partial charge in [0.1, 0.15) is 11.5 Å². The number of hydrogen-bond donors (Lipinski definition) is 0. The summed E-state index contributed by atoms with van der Waals surface area (Å²) in [6, 6.07) is 10.7. The van der Waals surface area contributed by atoms with E-state index in [9.17, 15) is 9.59 Å². The molecular formula is C17H13ClO3S. The molecule has 0 saturated heterocycles. The van der Waals surface area contributed by atoms with Crippen LogP contribution in [0.5, 0.6) is 11.5 Å². The Labute approximate surface area is 137 Å². The van der Waals surface area contributed by atoms with E-state index < -0.39 is 0 Å². The summed E-state index contributed by atoms with van der Waals surface area (Å²) in [5.74, 6) is 1.26. The predicted octanol–water partition coefficient (Wildman–Crippen LogP) is 4.96. The van der Waals surface area contributed by atoms with Crippen LogP contribution in [0.2, 0.25) is 0 Å². The van der Waals surface area contributed by atoms with E-state index in [1.807, 2.05) is 19.1 Å². The van der Waals surface area contributed by atoms with Crippen LogP contribution in [-0.4, -0.2) is 17.4 Å². The highest BCUT2D eigenvalue weighted by Crippen LogP contribution is 2.47. The largest absolute Gasteiger partial charge is 0.455 e. The molecule has 112 valence electrons. The van der Waals surface area contributed by atoms with Gasteiger partial charge in [0.2, 0.25) is 0 Å². The first-order chi connectivity index (χ1) is 10.6. The zero-order chi connectivity index (χ0) is 15.7. The van der Waals surface area contributed by atoms with Gasteiger partial charge in [0.25, 0.3) is 0 Å². The molecule has 2 aromatic carbocycles. The number of rotatable bonds is 4. The molecule has 0 aliphatic carbocycles. The molecule has 5 heteroatoms. The van der Waals surface area contributed by atoms with Crippen molar-refractivity contribution in [2.24, 2.45) is 0 Å². The second kappa shape index (κ2) is 6.15. The molecule has 0 atom stereocenters. The summed E-state index contributed by atoms with van der Waals surface area (Å²) in [6.45, 7) is 1.84. The summed E-state index contributed by atoms with van der Waals surface area (Å²) in [5.41, 5.74) is 1.23. The van der Waals surface area contributed by atoms with Crippen LogP contribution in [0.3, 0.4) is 0 Å². The number of ether oxygens (including phenoxy) is 1. The zero-order valence-electron chi connectivity index (χ0n) is 11.9. The third-order valence-corrected chi connectivity index (χ3v) is 4.75. The summed E-state index contributed by atoms with van der Waals surface area (Å²) in [5, 5.41) is 0. The highest BCUT2D eigenvalue weighted by molar-refractivity contribution is 7.99. The van der Waals surface area contributed by atoms with Crippen molar-refractivity contribution in [1.29, 1.82) is 0 Å². The highest BCUT2D eigenvalue weighted by atomic mass is 35.5. The number of ketones is 2. The Morgan fingerprint density at radius 1 is 1.00 bits per heavy atom. The van der Waals surface area contributed by atoms with Crippen LogP contribution in [0.25, 0.3) is 0 Å². The Kier molecular flexibility index (Phi) is 4.23. The maximum atomic E-state index is 11.8. The summed E-state index contributed by atoms with van der Waals surface area (Å²) in [6.07, 6.45) is 0.477. The zero-order valence-corrected chi connectivity index (χ0v) is 13.5. The lowest BCUT2D eigenvalue weighted by molar-refractivity contribution is 0.0985. The minimum atomic E-state index is -0.132. The van der Waals surface area contributed by atoms with Gasteiger partial charge in [-0.2, -0.15) is 0 Å². The topological polar surface area (TPSA) is 43.4 Å². The van der Waals surface area contributed by atoms with Crippen LogP contribution in [-0.2, 0) is 0 Å². The Balaban J connectivity index is 1.95. The van der Waals surface area contributed by atoms with Crippen molar-refractivity contribution in [2.45, 2.75) is 23.1 Å². The van der Waals surface area contributed by atoms with Gasteiger partial charge in [-0.1, -0.05) is 18.7 Å². The molecule has 0 spiro atoms. The number of Topliss-reactive ketones (excluding diaryl/α,β-unsaturated/α-hetero) is 2. The lowest BCUT2D eigenvalue weighted by Crippen LogP contribution is -2.03. The Morgan fingerprint density at radius 2 is 1.73 bits per heavy atom. The first-order valence-electron chi connectivity index (χ1n) is 6.88. The third-order valence-electron chi connectivity index (χ3n) is 3.41. The van der Waals surface area contributed by atoms with Gasteiger partial charge in [-0.3, -0.25) is 9.59 Å². The molecule has 0 fully saturated rings. The van der Waals surface area contributed by atoms with E-state index in [2.05, 4.69) is 0 Å². The molecule has 1 heterocycles. The number of benzene rings is 2. The summed E-state index contributed by atoms with van der Waals surface area (Å²) < 4.78 is 5.85. The molecular weight excluding hydrogens is 320 g/mol. The first-order valence-corrected chi connectivity index (χ1v) is 8.23. The normalized spacial score (nSPS) is 12.1. The number of carbonyl (C=O) groups is 2. The number of fused-ring (bicyclic) bond motifs is 2. The molecule has 0 amide bonds. The molecule has 1 aliphatic heterocycles. The average molecular weight is 333 g/mol. The van der Waals surface area contributed by atoms with Crippen molar-refractivity contribution in [1.82, 2.24) is 0 Å². The molecule has 1 aliphatic rings. The van der Waals surface area contributed by atoms with E-state index in [1.54, 1.807) is 24.3 Å². The average Bonchev–Trinajstić information content (AvgIpc) is 2.57. The van der Waals surface area contributed by atoms with Gasteiger partial charge in [-0.05, 0) is 36.4 Å². The maximum Gasteiger partial charge on any atom is 0.177 e. The Morgan fingerprint density at radius 3 is 2.45 bits per heavy atom. The monoisotopic (exact) mass is 332 g/mol. The molecule has 0 unspecified atom stereocenters. The smallest absolute Gasteiger partial charge is 0.177 e. The van der Waals surface area contributed by atoms with Crippen LogP contribution in [0.15, 0.2) is 46.2 Å². The second-order valence-corrected chi connectivity index (χ2v) is 6.21. The minimum Gasteiger partial charge on any atom is -0.455 e. The van der Waals surface area contributed by atoms with Gasteiger partial charge in [-0.15, -0.1) is 11.6 Å². The van der Waals surface area contributed by atoms with Gasteiger partial charge >= 0.3 is 0 Å². The Bertz CT molecular complexity index is 705. The van der Waals surface area contributed by atoms with E-state index in [0.29, 0.717) is 29.0 Å². The van der Waals surface area contributed by atoms with Gasteiger partial charge in [-0.25, -0.2) is 0 Å². The van der Waals surface area contributed by atoms with E-state index in [1.165, 1.54) is 11.8 Å². The SMILES string of the molecule is CCC(=O)c1ccc2c(c1)Sc1ccc(C(=O)CCl)cc1O2. The molecule has 3 rings (SSSR count). The molecule has 0 aromatic heterocycles. The fourth-order valence-corrected chi connectivity index (χ4v) is 3.33. The van der Waals surface area contributed by atoms with E-state index in [-0.39, 0.29) is 17.4 Å². The lowest BCUT2D eigenvalue weighted by Gasteiger charge is -2.20.